The zero-order chi connectivity index (χ0) is 21.2. The van der Waals surface area contributed by atoms with Crippen LogP contribution in [0.1, 0.15) is 35.0 Å². The number of hydrogen-bond donors (Lipinski definition) is 0. The predicted octanol–water partition coefficient (Wildman–Crippen LogP) is 4.92. The van der Waals surface area contributed by atoms with Gasteiger partial charge in [0, 0.05) is 24.2 Å². The minimum absolute atomic E-state index is 0.0324. The van der Waals surface area contributed by atoms with E-state index in [1.165, 1.54) is 0 Å². The summed E-state index contributed by atoms with van der Waals surface area (Å²) in [6.07, 6.45) is 1.82. The smallest absolute Gasteiger partial charge is 0.253 e. The molecule has 1 aliphatic heterocycles. The van der Waals surface area contributed by atoms with Gasteiger partial charge >= 0.3 is 0 Å². The number of methoxy groups -OCH3 is 1. The Labute approximate surface area is 180 Å². The van der Waals surface area contributed by atoms with E-state index in [2.05, 4.69) is 16.2 Å². The van der Waals surface area contributed by atoms with Gasteiger partial charge in [0.15, 0.2) is 0 Å². The van der Waals surface area contributed by atoms with Crippen LogP contribution in [0.3, 0.4) is 0 Å². The van der Waals surface area contributed by atoms with E-state index >= 15 is 0 Å². The summed E-state index contributed by atoms with van der Waals surface area (Å²) in [5.74, 6) is 1.93. The highest BCUT2D eigenvalue weighted by Gasteiger charge is 2.29. The van der Waals surface area contributed by atoms with E-state index in [4.69, 9.17) is 9.26 Å². The lowest BCUT2D eigenvalue weighted by Crippen LogP contribution is -2.39. The average Bonchev–Trinajstić information content (AvgIpc) is 3.34. The Balaban J connectivity index is 1.34. The van der Waals surface area contributed by atoms with Crippen LogP contribution in [0.4, 0.5) is 0 Å². The lowest BCUT2D eigenvalue weighted by atomic mass is 9.97. The molecule has 2 heterocycles. The summed E-state index contributed by atoms with van der Waals surface area (Å²) in [6.45, 7) is 1.31. The Kier molecular flexibility index (Phi) is 5.12. The Bertz CT molecular complexity index is 1230. The number of carbonyl (C=O) groups is 1. The van der Waals surface area contributed by atoms with Crippen LogP contribution in [-0.2, 0) is 0 Å². The van der Waals surface area contributed by atoms with E-state index in [1.54, 1.807) is 7.11 Å². The average molecular weight is 413 g/mol. The van der Waals surface area contributed by atoms with E-state index in [-0.39, 0.29) is 11.8 Å². The highest BCUT2D eigenvalue weighted by atomic mass is 16.5. The van der Waals surface area contributed by atoms with Crippen LogP contribution in [0.5, 0.6) is 5.75 Å². The van der Waals surface area contributed by atoms with Gasteiger partial charge in [-0.25, -0.2) is 0 Å². The maximum absolute atomic E-state index is 13.2. The van der Waals surface area contributed by atoms with Crippen molar-refractivity contribution in [2.75, 3.05) is 20.2 Å². The highest BCUT2D eigenvalue weighted by Crippen LogP contribution is 2.29. The first kappa shape index (κ1) is 19.3. The second kappa shape index (κ2) is 8.22. The number of ether oxygens (including phenoxy) is 1. The number of rotatable bonds is 4. The maximum atomic E-state index is 13.2. The van der Waals surface area contributed by atoms with Crippen molar-refractivity contribution in [3.8, 4) is 17.1 Å². The second-order valence-electron chi connectivity index (χ2n) is 7.84. The molecule has 31 heavy (non-hydrogen) atoms. The van der Waals surface area contributed by atoms with Gasteiger partial charge in [0.1, 0.15) is 5.75 Å². The number of amides is 1. The monoisotopic (exact) mass is 413 g/mol. The van der Waals surface area contributed by atoms with Gasteiger partial charge in [-0.1, -0.05) is 47.6 Å². The van der Waals surface area contributed by atoms with E-state index in [1.807, 2.05) is 65.6 Å². The summed E-state index contributed by atoms with van der Waals surface area (Å²) < 4.78 is 10.9. The highest BCUT2D eigenvalue weighted by molar-refractivity contribution is 5.98. The molecule has 5 rings (SSSR count). The van der Waals surface area contributed by atoms with E-state index in [0.717, 1.165) is 41.5 Å². The Hall–Kier alpha value is -3.67. The fourth-order valence-corrected chi connectivity index (χ4v) is 4.15. The van der Waals surface area contributed by atoms with Crippen molar-refractivity contribution in [3.05, 3.63) is 78.2 Å². The summed E-state index contributed by atoms with van der Waals surface area (Å²) >= 11 is 0. The molecule has 1 amide bonds. The molecule has 4 aromatic rings. The van der Waals surface area contributed by atoms with Crippen molar-refractivity contribution >= 4 is 16.7 Å². The molecule has 0 bridgehead atoms. The second-order valence-corrected chi connectivity index (χ2v) is 7.84. The van der Waals surface area contributed by atoms with Gasteiger partial charge in [0.2, 0.25) is 11.7 Å². The summed E-state index contributed by atoms with van der Waals surface area (Å²) in [7, 11) is 1.63. The molecule has 0 radical (unpaired) electrons. The lowest BCUT2D eigenvalue weighted by Gasteiger charge is -2.31. The minimum Gasteiger partial charge on any atom is -0.497 e. The molecule has 1 fully saturated rings. The molecule has 0 spiro atoms. The van der Waals surface area contributed by atoms with Crippen molar-refractivity contribution < 1.29 is 14.1 Å². The summed E-state index contributed by atoms with van der Waals surface area (Å²) in [6, 6.07) is 21.5. The number of benzene rings is 3. The first-order valence-corrected chi connectivity index (χ1v) is 10.5. The minimum atomic E-state index is 0.0324. The topological polar surface area (TPSA) is 68.5 Å². The first-order valence-electron chi connectivity index (χ1n) is 10.5. The largest absolute Gasteiger partial charge is 0.497 e. The molecule has 0 saturated carbocycles. The molecule has 3 aromatic carbocycles. The van der Waals surface area contributed by atoms with Gasteiger partial charge in [0.05, 0.1) is 13.0 Å². The molecule has 1 aliphatic rings. The molecular weight excluding hydrogens is 390 g/mol. The Morgan fingerprint density at radius 2 is 1.94 bits per heavy atom. The van der Waals surface area contributed by atoms with Gasteiger partial charge in [0.25, 0.3) is 5.91 Å². The number of likely N-dealkylation sites (tertiary alicyclic amines) is 1. The van der Waals surface area contributed by atoms with Gasteiger partial charge in [-0.3, -0.25) is 4.79 Å². The molecule has 6 nitrogen and oxygen atoms in total. The first-order chi connectivity index (χ1) is 15.2. The van der Waals surface area contributed by atoms with Crippen LogP contribution in [0.25, 0.3) is 22.2 Å². The van der Waals surface area contributed by atoms with Crippen LogP contribution in [0.2, 0.25) is 0 Å². The van der Waals surface area contributed by atoms with Crippen molar-refractivity contribution in [3.63, 3.8) is 0 Å². The molecule has 0 N–H and O–H groups in total. The zero-order valence-electron chi connectivity index (χ0n) is 17.3. The molecule has 156 valence electrons. The van der Waals surface area contributed by atoms with Crippen LogP contribution in [0, 0.1) is 0 Å². The van der Waals surface area contributed by atoms with Crippen molar-refractivity contribution in [2.24, 2.45) is 0 Å². The number of carbonyl (C=O) groups excluding carboxylic acids is 1. The summed E-state index contributed by atoms with van der Waals surface area (Å²) in [4.78, 5) is 19.7. The zero-order valence-corrected chi connectivity index (χ0v) is 17.3. The third-order valence-electron chi connectivity index (χ3n) is 5.82. The third-order valence-corrected chi connectivity index (χ3v) is 5.82. The SMILES string of the molecule is COc1cccc(-c2noc(C3CCCN(C(=O)c4ccc5ccccc5c4)C3)n2)c1. The van der Waals surface area contributed by atoms with Crippen LogP contribution in [-0.4, -0.2) is 41.1 Å². The van der Waals surface area contributed by atoms with E-state index < -0.39 is 0 Å². The molecular formula is C25H23N3O3. The van der Waals surface area contributed by atoms with Crippen LogP contribution >= 0.6 is 0 Å². The molecule has 1 atom stereocenters. The number of piperidine rings is 1. The molecule has 1 aromatic heterocycles. The van der Waals surface area contributed by atoms with Gasteiger partial charge in [-0.2, -0.15) is 4.98 Å². The Morgan fingerprint density at radius 1 is 1.06 bits per heavy atom. The number of aromatic nitrogens is 2. The van der Waals surface area contributed by atoms with E-state index in [9.17, 15) is 4.79 Å². The van der Waals surface area contributed by atoms with Crippen LogP contribution in [0.15, 0.2) is 71.3 Å². The van der Waals surface area contributed by atoms with Crippen molar-refractivity contribution in [1.82, 2.24) is 15.0 Å². The fraction of sp³-hybridized carbons (Fsp3) is 0.240. The van der Waals surface area contributed by atoms with Gasteiger partial charge in [-0.05, 0) is 47.9 Å². The fourth-order valence-electron chi connectivity index (χ4n) is 4.15. The summed E-state index contributed by atoms with van der Waals surface area (Å²) in [5.41, 5.74) is 1.55. The normalized spacial score (nSPS) is 16.4. The number of nitrogens with zero attached hydrogens (tertiary/aromatic N) is 3. The van der Waals surface area contributed by atoms with Gasteiger partial charge in [-0.15, -0.1) is 0 Å². The molecule has 6 heteroatoms. The van der Waals surface area contributed by atoms with Crippen molar-refractivity contribution in [1.29, 1.82) is 0 Å². The van der Waals surface area contributed by atoms with Crippen LogP contribution < -0.4 is 4.74 Å². The lowest BCUT2D eigenvalue weighted by molar-refractivity contribution is 0.0696. The van der Waals surface area contributed by atoms with E-state index in [0.29, 0.717) is 23.8 Å². The maximum Gasteiger partial charge on any atom is 0.253 e. The van der Waals surface area contributed by atoms with Crippen molar-refractivity contribution in [2.45, 2.75) is 18.8 Å². The number of fused-ring (bicyclic) bond motifs is 1. The summed E-state index contributed by atoms with van der Waals surface area (Å²) in [5, 5.41) is 6.36. The molecule has 1 saturated heterocycles. The standard InChI is InChI=1S/C25H23N3O3/c1-30-22-10-4-8-19(15-22)23-26-24(31-27-23)21-9-5-13-28(16-21)25(29)20-12-11-17-6-2-3-7-18(17)14-20/h2-4,6-8,10-12,14-15,21H,5,9,13,16H2,1H3. The third kappa shape index (κ3) is 3.89. The Morgan fingerprint density at radius 3 is 2.81 bits per heavy atom. The predicted molar refractivity (Wildman–Crippen MR) is 118 cm³/mol. The number of hydrogen-bond acceptors (Lipinski definition) is 5. The van der Waals surface area contributed by atoms with Gasteiger partial charge < -0.3 is 14.2 Å². The quantitative estimate of drug-likeness (QED) is 0.475. The molecule has 1 unspecified atom stereocenters. The molecule has 0 aliphatic carbocycles.